The largest absolute Gasteiger partial charge is 0.384 e. The Bertz CT molecular complexity index is 422. The summed E-state index contributed by atoms with van der Waals surface area (Å²) in [6.07, 6.45) is 1.69. The molecule has 6 heteroatoms. The molecule has 2 rings (SSSR count). The summed E-state index contributed by atoms with van der Waals surface area (Å²) in [6, 6.07) is 3.62. The van der Waals surface area contributed by atoms with E-state index in [1.165, 1.54) is 11.3 Å². The van der Waals surface area contributed by atoms with E-state index in [9.17, 15) is 0 Å². The molecule has 14 heavy (non-hydrogen) atoms. The minimum atomic E-state index is 0.507. The smallest absolute Gasteiger partial charge is 0.205 e. The monoisotopic (exact) mass is 207 g/mol. The maximum absolute atomic E-state index is 5.48. The van der Waals surface area contributed by atoms with Crippen LogP contribution in [0.25, 0.3) is 10.6 Å². The predicted octanol–water partition coefficient (Wildman–Crippen LogP) is 1.22. The molecule has 2 aromatic heterocycles. The molecule has 0 saturated carbocycles. The van der Waals surface area contributed by atoms with Crippen LogP contribution in [0.4, 0.5) is 10.9 Å². The van der Waals surface area contributed by atoms with Gasteiger partial charge in [-0.1, -0.05) is 11.3 Å². The number of rotatable bonds is 2. The summed E-state index contributed by atoms with van der Waals surface area (Å²) in [6.45, 7) is 0. The van der Waals surface area contributed by atoms with Gasteiger partial charge in [0.2, 0.25) is 5.13 Å². The Morgan fingerprint density at radius 3 is 2.79 bits per heavy atom. The van der Waals surface area contributed by atoms with Crippen molar-refractivity contribution in [2.24, 2.45) is 0 Å². The highest BCUT2D eigenvalue weighted by molar-refractivity contribution is 7.18. The Labute approximate surface area is 85.0 Å². The summed E-state index contributed by atoms with van der Waals surface area (Å²) in [4.78, 5) is 3.99. The van der Waals surface area contributed by atoms with Crippen LogP contribution < -0.4 is 11.1 Å². The summed E-state index contributed by atoms with van der Waals surface area (Å²) in [7, 11) is 1.81. The molecular formula is C8H9N5S. The number of hydrogen-bond acceptors (Lipinski definition) is 6. The Morgan fingerprint density at radius 1 is 1.36 bits per heavy atom. The summed E-state index contributed by atoms with van der Waals surface area (Å²) in [5, 5.41) is 12.5. The highest BCUT2D eigenvalue weighted by Gasteiger charge is 2.04. The zero-order valence-corrected chi connectivity index (χ0v) is 8.38. The molecule has 0 bridgehead atoms. The van der Waals surface area contributed by atoms with Crippen molar-refractivity contribution < 1.29 is 0 Å². The molecular weight excluding hydrogens is 198 g/mol. The van der Waals surface area contributed by atoms with Crippen molar-refractivity contribution in [2.45, 2.75) is 0 Å². The maximum atomic E-state index is 5.48. The first-order chi connectivity index (χ1) is 6.79. The molecule has 0 spiro atoms. The molecule has 3 N–H and O–H groups in total. The van der Waals surface area contributed by atoms with Gasteiger partial charge >= 0.3 is 0 Å². The third-order valence-corrected chi connectivity index (χ3v) is 2.66. The number of nitrogens with two attached hydrogens (primary N) is 1. The lowest BCUT2D eigenvalue weighted by Crippen LogP contribution is -1.88. The van der Waals surface area contributed by atoms with Crippen LogP contribution in [-0.4, -0.2) is 22.2 Å². The van der Waals surface area contributed by atoms with Gasteiger partial charge in [0.05, 0.1) is 0 Å². The van der Waals surface area contributed by atoms with Crippen LogP contribution in [-0.2, 0) is 0 Å². The average Bonchev–Trinajstić information content (AvgIpc) is 2.67. The van der Waals surface area contributed by atoms with Crippen molar-refractivity contribution in [1.82, 2.24) is 15.2 Å². The van der Waals surface area contributed by atoms with Crippen molar-refractivity contribution in [3.05, 3.63) is 18.3 Å². The van der Waals surface area contributed by atoms with E-state index in [0.29, 0.717) is 5.82 Å². The Morgan fingerprint density at radius 2 is 2.21 bits per heavy atom. The van der Waals surface area contributed by atoms with Gasteiger partial charge in [-0.2, -0.15) is 0 Å². The van der Waals surface area contributed by atoms with Gasteiger partial charge in [0.15, 0.2) is 5.01 Å². The quantitative estimate of drug-likeness (QED) is 0.774. The van der Waals surface area contributed by atoms with Gasteiger partial charge in [0.25, 0.3) is 0 Å². The summed E-state index contributed by atoms with van der Waals surface area (Å²) in [5.41, 5.74) is 6.41. The molecule has 2 aromatic rings. The van der Waals surface area contributed by atoms with E-state index in [2.05, 4.69) is 20.5 Å². The summed E-state index contributed by atoms with van der Waals surface area (Å²) in [5.74, 6) is 0.507. The van der Waals surface area contributed by atoms with Crippen molar-refractivity contribution in [2.75, 3.05) is 18.1 Å². The first-order valence-corrected chi connectivity index (χ1v) is 4.84. The third kappa shape index (κ3) is 1.64. The van der Waals surface area contributed by atoms with Gasteiger partial charge in [0.1, 0.15) is 5.82 Å². The first-order valence-electron chi connectivity index (χ1n) is 4.03. The molecule has 72 valence electrons. The predicted molar refractivity (Wildman–Crippen MR) is 57.1 cm³/mol. The lowest BCUT2D eigenvalue weighted by Gasteiger charge is -1.94. The number of nitrogens with one attached hydrogen (secondary N) is 1. The lowest BCUT2D eigenvalue weighted by atomic mass is 10.3. The van der Waals surface area contributed by atoms with Gasteiger partial charge in [0, 0.05) is 18.8 Å². The number of anilines is 2. The molecule has 0 aromatic carbocycles. The van der Waals surface area contributed by atoms with Crippen molar-refractivity contribution in [3.8, 4) is 10.6 Å². The molecule has 0 unspecified atom stereocenters. The van der Waals surface area contributed by atoms with Gasteiger partial charge in [-0.25, -0.2) is 4.98 Å². The zero-order valence-electron chi connectivity index (χ0n) is 7.56. The fourth-order valence-corrected chi connectivity index (χ4v) is 1.66. The van der Waals surface area contributed by atoms with Crippen LogP contribution in [0, 0.1) is 0 Å². The molecule has 2 heterocycles. The molecule has 0 amide bonds. The summed E-state index contributed by atoms with van der Waals surface area (Å²) >= 11 is 1.48. The normalized spacial score (nSPS) is 10.1. The van der Waals surface area contributed by atoms with Gasteiger partial charge in [-0.3, -0.25) is 0 Å². The average molecular weight is 207 g/mol. The number of hydrogen-bond donors (Lipinski definition) is 2. The topological polar surface area (TPSA) is 76.7 Å². The molecule has 0 aliphatic heterocycles. The van der Waals surface area contributed by atoms with E-state index < -0.39 is 0 Å². The van der Waals surface area contributed by atoms with Crippen LogP contribution in [0.2, 0.25) is 0 Å². The van der Waals surface area contributed by atoms with Crippen molar-refractivity contribution in [3.63, 3.8) is 0 Å². The minimum absolute atomic E-state index is 0.507. The third-order valence-electron chi connectivity index (χ3n) is 1.67. The van der Waals surface area contributed by atoms with Crippen LogP contribution in [0.5, 0.6) is 0 Å². The van der Waals surface area contributed by atoms with E-state index in [1.807, 2.05) is 13.1 Å². The van der Waals surface area contributed by atoms with Crippen LogP contribution in [0.15, 0.2) is 18.3 Å². The fraction of sp³-hybridized carbons (Fsp3) is 0.125. The highest BCUT2D eigenvalue weighted by atomic mass is 32.1. The lowest BCUT2D eigenvalue weighted by molar-refractivity contribution is 1.09. The Kier molecular flexibility index (Phi) is 2.28. The molecule has 5 nitrogen and oxygen atoms in total. The zero-order chi connectivity index (χ0) is 9.97. The van der Waals surface area contributed by atoms with Crippen molar-refractivity contribution >= 4 is 22.3 Å². The van der Waals surface area contributed by atoms with Crippen LogP contribution >= 0.6 is 11.3 Å². The highest BCUT2D eigenvalue weighted by Crippen LogP contribution is 2.25. The van der Waals surface area contributed by atoms with E-state index >= 15 is 0 Å². The maximum Gasteiger partial charge on any atom is 0.205 e. The molecule has 0 fully saturated rings. The van der Waals surface area contributed by atoms with Crippen LogP contribution in [0.3, 0.4) is 0 Å². The van der Waals surface area contributed by atoms with Crippen molar-refractivity contribution in [1.29, 1.82) is 0 Å². The summed E-state index contributed by atoms with van der Waals surface area (Å²) < 4.78 is 0. The molecule has 0 atom stereocenters. The molecule has 0 saturated heterocycles. The SMILES string of the molecule is CNc1nnc(-c2ccc(N)nc2)s1. The minimum Gasteiger partial charge on any atom is -0.384 e. The van der Waals surface area contributed by atoms with E-state index in [4.69, 9.17) is 5.73 Å². The second-order valence-corrected chi connectivity index (χ2v) is 3.61. The second-order valence-electron chi connectivity index (χ2n) is 2.63. The van der Waals surface area contributed by atoms with Crippen LogP contribution in [0.1, 0.15) is 0 Å². The van der Waals surface area contributed by atoms with Gasteiger partial charge < -0.3 is 11.1 Å². The molecule has 0 aliphatic rings. The van der Waals surface area contributed by atoms with Gasteiger partial charge in [-0.15, -0.1) is 10.2 Å². The molecule has 0 aliphatic carbocycles. The van der Waals surface area contributed by atoms with E-state index in [1.54, 1.807) is 12.3 Å². The Balaban J connectivity index is 2.34. The number of pyridine rings is 1. The Hall–Kier alpha value is -1.69. The second kappa shape index (κ2) is 3.59. The van der Waals surface area contributed by atoms with E-state index in [-0.39, 0.29) is 0 Å². The molecule has 0 radical (unpaired) electrons. The number of aromatic nitrogens is 3. The van der Waals surface area contributed by atoms with Gasteiger partial charge in [-0.05, 0) is 12.1 Å². The number of nitrogens with zero attached hydrogens (tertiary/aromatic N) is 3. The standard InChI is InChI=1S/C8H9N5S/c1-10-8-13-12-7(14-8)5-2-3-6(9)11-4-5/h2-4H,1H3,(H2,9,11)(H,10,13). The number of nitrogen functional groups attached to an aromatic ring is 1. The van der Waals surface area contributed by atoms with E-state index in [0.717, 1.165) is 15.7 Å². The fourth-order valence-electron chi connectivity index (χ4n) is 0.973. The first kappa shape index (κ1) is 8.89.